The molecule has 0 fully saturated rings. The third kappa shape index (κ3) is 5.67. The monoisotopic (exact) mass is 459 g/mol. The number of carbonyl (C=O) groups is 1. The Bertz CT molecular complexity index is 1240. The van der Waals surface area contributed by atoms with Crippen LogP contribution in [-0.4, -0.2) is 42.8 Å². The van der Waals surface area contributed by atoms with E-state index in [9.17, 15) is 4.79 Å². The normalized spacial score (nSPS) is 10.8. The van der Waals surface area contributed by atoms with Crippen molar-refractivity contribution in [3.05, 3.63) is 84.2 Å². The maximum absolute atomic E-state index is 12.5. The Labute approximate surface area is 199 Å². The molecule has 0 radical (unpaired) electrons. The number of rotatable bonds is 11. The predicted molar refractivity (Wildman–Crippen MR) is 132 cm³/mol. The van der Waals surface area contributed by atoms with Gasteiger partial charge in [-0.15, -0.1) is 0 Å². The maximum atomic E-state index is 12.5. The predicted octanol–water partition coefficient (Wildman–Crippen LogP) is 4.03. The third-order valence-electron chi connectivity index (χ3n) is 5.54. The highest BCUT2D eigenvalue weighted by molar-refractivity contribution is 5.79. The van der Waals surface area contributed by atoms with E-state index >= 15 is 0 Å². The van der Waals surface area contributed by atoms with Gasteiger partial charge in [0.05, 0.1) is 38.2 Å². The second-order valence-electron chi connectivity index (χ2n) is 7.80. The van der Waals surface area contributed by atoms with E-state index in [1.54, 1.807) is 20.3 Å². The van der Waals surface area contributed by atoms with E-state index < -0.39 is 0 Å². The first-order valence-corrected chi connectivity index (χ1v) is 11.3. The lowest BCUT2D eigenvalue weighted by Crippen LogP contribution is -2.28. The number of ether oxygens (including phenoxy) is 3. The number of hydrogen-bond acceptors (Lipinski definition) is 5. The molecule has 3 aromatic carbocycles. The quantitative estimate of drug-likeness (QED) is 0.367. The SMILES string of the molecule is COc1ccc(CC(=O)NCCc2nc3ccccc3n2CCOc2ccccc2)cc1OC. The molecular weight excluding hydrogens is 430 g/mol. The van der Waals surface area contributed by atoms with Gasteiger partial charge < -0.3 is 24.1 Å². The molecule has 1 heterocycles. The fourth-order valence-electron chi connectivity index (χ4n) is 3.89. The molecule has 0 unspecified atom stereocenters. The van der Waals surface area contributed by atoms with Gasteiger partial charge in [0.2, 0.25) is 5.91 Å². The van der Waals surface area contributed by atoms with Crippen molar-refractivity contribution in [3.63, 3.8) is 0 Å². The minimum atomic E-state index is -0.0534. The van der Waals surface area contributed by atoms with Crippen LogP contribution in [0.2, 0.25) is 0 Å². The van der Waals surface area contributed by atoms with Crippen molar-refractivity contribution in [2.75, 3.05) is 27.4 Å². The Morgan fingerprint density at radius 3 is 2.50 bits per heavy atom. The number of nitrogens with zero attached hydrogens (tertiary/aromatic N) is 2. The van der Waals surface area contributed by atoms with Crippen molar-refractivity contribution < 1.29 is 19.0 Å². The first-order valence-electron chi connectivity index (χ1n) is 11.3. The van der Waals surface area contributed by atoms with Gasteiger partial charge in [0, 0.05) is 13.0 Å². The van der Waals surface area contributed by atoms with Crippen LogP contribution in [-0.2, 0) is 24.2 Å². The van der Waals surface area contributed by atoms with Gasteiger partial charge in [-0.05, 0) is 42.0 Å². The first kappa shape index (κ1) is 23.2. The summed E-state index contributed by atoms with van der Waals surface area (Å²) in [4.78, 5) is 17.3. The van der Waals surface area contributed by atoms with Crippen LogP contribution < -0.4 is 19.5 Å². The Morgan fingerprint density at radius 1 is 0.941 bits per heavy atom. The zero-order valence-corrected chi connectivity index (χ0v) is 19.5. The summed E-state index contributed by atoms with van der Waals surface area (Å²) >= 11 is 0. The first-order chi connectivity index (χ1) is 16.7. The van der Waals surface area contributed by atoms with E-state index in [-0.39, 0.29) is 12.3 Å². The zero-order valence-electron chi connectivity index (χ0n) is 19.5. The average molecular weight is 460 g/mol. The lowest BCUT2D eigenvalue weighted by atomic mass is 10.1. The molecule has 4 aromatic rings. The summed E-state index contributed by atoms with van der Waals surface area (Å²) in [6, 6.07) is 23.3. The van der Waals surface area contributed by atoms with Gasteiger partial charge in [-0.3, -0.25) is 4.79 Å². The number of methoxy groups -OCH3 is 2. The number of fused-ring (bicyclic) bond motifs is 1. The highest BCUT2D eigenvalue weighted by atomic mass is 16.5. The number of para-hydroxylation sites is 3. The zero-order chi connectivity index (χ0) is 23.8. The van der Waals surface area contributed by atoms with E-state index in [4.69, 9.17) is 19.2 Å². The molecule has 0 atom stereocenters. The number of carbonyl (C=O) groups excluding carboxylic acids is 1. The summed E-state index contributed by atoms with van der Waals surface area (Å²) in [6.45, 7) is 1.70. The third-order valence-corrected chi connectivity index (χ3v) is 5.54. The number of imidazole rings is 1. The van der Waals surface area contributed by atoms with Crippen LogP contribution in [0.4, 0.5) is 0 Å². The molecule has 0 saturated heterocycles. The summed E-state index contributed by atoms with van der Waals surface area (Å²) in [5, 5.41) is 3.00. The van der Waals surface area contributed by atoms with Gasteiger partial charge >= 0.3 is 0 Å². The lowest BCUT2D eigenvalue weighted by Gasteiger charge is -2.12. The van der Waals surface area contributed by atoms with Crippen molar-refractivity contribution in [2.24, 2.45) is 0 Å². The van der Waals surface area contributed by atoms with Crippen molar-refractivity contribution in [1.82, 2.24) is 14.9 Å². The lowest BCUT2D eigenvalue weighted by molar-refractivity contribution is -0.120. The smallest absolute Gasteiger partial charge is 0.224 e. The second kappa shape index (κ2) is 11.2. The fraction of sp³-hybridized carbons (Fsp3) is 0.259. The maximum Gasteiger partial charge on any atom is 0.224 e. The number of aromatic nitrogens is 2. The van der Waals surface area contributed by atoms with Crippen LogP contribution in [0.25, 0.3) is 11.0 Å². The molecule has 1 amide bonds. The summed E-state index contributed by atoms with van der Waals surface area (Å²) in [7, 11) is 3.17. The molecule has 0 aliphatic carbocycles. The van der Waals surface area contributed by atoms with E-state index in [0.717, 1.165) is 28.2 Å². The summed E-state index contributed by atoms with van der Waals surface area (Å²) in [5.41, 5.74) is 2.86. The molecule has 7 nitrogen and oxygen atoms in total. The van der Waals surface area contributed by atoms with E-state index in [1.807, 2.05) is 60.7 Å². The van der Waals surface area contributed by atoms with Crippen LogP contribution in [0, 0.1) is 0 Å². The van der Waals surface area contributed by atoms with Crippen LogP contribution in [0.5, 0.6) is 17.2 Å². The molecule has 0 spiro atoms. The van der Waals surface area contributed by atoms with Crippen LogP contribution >= 0.6 is 0 Å². The van der Waals surface area contributed by atoms with Crippen molar-refractivity contribution in [3.8, 4) is 17.2 Å². The second-order valence-corrected chi connectivity index (χ2v) is 7.80. The van der Waals surface area contributed by atoms with Gasteiger partial charge in [0.15, 0.2) is 11.5 Å². The van der Waals surface area contributed by atoms with Crippen molar-refractivity contribution in [2.45, 2.75) is 19.4 Å². The Kier molecular flexibility index (Phi) is 7.65. The molecule has 0 bridgehead atoms. The molecule has 0 aliphatic rings. The highest BCUT2D eigenvalue weighted by Gasteiger charge is 2.12. The van der Waals surface area contributed by atoms with Crippen molar-refractivity contribution >= 4 is 16.9 Å². The number of nitrogens with one attached hydrogen (secondary N) is 1. The Balaban J connectivity index is 1.36. The summed E-state index contributed by atoms with van der Waals surface area (Å²) in [5.74, 6) is 2.96. The highest BCUT2D eigenvalue weighted by Crippen LogP contribution is 2.27. The molecule has 7 heteroatoms. The summed E-state index contributed by atoms with van der Waals surface area (Å²) < 4.78 is 18.6. The topological polar surface area (TPSA) is 74.6 Å². The van der Waals surface area contributed by atoms with Crippen LogP contribution in [0.3, 0.4) is 0 Å². The minimum absolute atomic E-state index is 0.0534. The average Bonchev–Trinajstić information content (AvgIpc) is 3.22. The number of benzene rings is 3. The van der Waals surface area contributed by atoms with Gasteiger partial charge in [-0.1, -0.05) is 36.4 Å². The van der Waals surface area contributed by atoms with Crippen LogP contribution in [0.15, 0.2) is 72.8 Å². The minimum Gasteiger partial charge on any atom is -0.493 e. The van der Waals surface area contributed by atoms with E-state index in [1.165, 1.54) is 0 Å². The summed E-state index contributed by atoms with van der Waals surface area (Å²) in [6.07, 6.45) is 0.888. The number of hydrogen-bond donors (Lipinski definition) is 1. The molecule has 34 heavy (non-hydrogen) atoms. The molecule has 1 N–H and O–H groups in total. The van der Waals surface area contributed by atoms with Gasteiger partial charge in [0.25, 0.3) is 0 Å². The molecule has 176 valence electrons. The molecule has 1 aromatic heterocycles. The Morgan fingerprint density at radius 2 is 1.71 bits per heavy atom. The van der Waals surface area contributed by atoms with E-state index in [0.29, 0.717) is 37.6 Å². The van der Waals surface area contributed by atoms with Crippen molar-refractivity contribution in [1.29, 1.82) is 0 Å². The molecular formula is C27H29N3O4. The standard InChI is InChI=1S/C27H29N3O4/c1-32-24-13-12-20(18-25(24)33-2)19-27(31)28-15-14-26-29-22-10-6-7-11-23(22)30(26)16-17-34-21-8-4-3-5-9-21/h3-13,18H,14-17,19H2,1-2H3,(H,28,31). The molecule has 0 aliphatic heterocycles. The molecule has 4 rings (SSSR count). The van der Waals surface area contributed by atoms with Gasteiger partial charge in [-0.2, -0.15) is 0 Å². The van der Waals surface area contributed by atoms with E-state index in [2.05, 4.69) is 16.0 Å². The van der Waals surface area contributed by atoms with Gasteiger partial charge in [0.1, 0.15) is 18.2 Å². The molecule has 0 saturated carbocycles. The van der Waals surface area contributed by atoms with Crippen LogP contribution in [0.1, 0.15) is 11.4 Å². The largest absolute Gasteiger partial charge is 0.493 e. The number of amides is 1. The Hall–Kier alpha value is -4.00. The van der Waals surface area contributed by atoms with Gasteiger partial charge in [-0.25, -0.2) is 4.98 Å². The fourth-order valence-corrected chi connectivity index (χ4v) is 3.89.